The Morgan fingerprint density at radius 1 is 1.11 bits per heavy atom. The highest BCUT2D eigenvalue weighted by Crippen LogP contribution is 2.14. The average Bonchev–Trinajstić information content (AvgIpc) is 3.49. The van der Waals surface area contributed by atoms with Crippen molar-refractivity contribution in [2.75, 3.05) is 6.61 Å². The van der Waals surface area contributed by atoms with Crippen molar-refractivity contribution >= 4 is 17.5 Å². The van der Waals surface area contributed by atoms with Gasteiger partial charge in [-0.25, -0.2) is 9.67 Å². The van der Waals surface area contributed by atoms with Crippen molar-refractivity contribution < 1.29 is 14.7 Å². The van der Waals surface area contributed by atoms with Crippen LogP contribution in [0.2, 0.25) is 0 Å². The number of benzene rings is 1. The fourth-order valence-electron chi connectivity index (χ4n) is 4.00. The van der Waals surface area contributed by atoms with Gasteiger partial charge in [0.2, 0.25) is 0 Å². The van der Waals surface area contributed by atoms with E-state index in [2.05, 4.69) is 20.7 Å². The molecule has 0 radical (unpaired) electrons. The predicted molar refractivity (Wildman–Crippen MR) is 132 cm³/mol. The number of hydrogen-bond donors (Lipinski definition) is 3. The van der Waals surface area contributed by atoms with E-state index in [-0.39, 0.29) is 24.5 Å². The fraction of sp³-hybridized carbons (Fsp3) is 0.308. The van der Waals surface area contributed by atoms with Crippen LogP contribution in [0.15, 0.2) is 61.2 Å². The van der Waals surface area contributed by atoms with Crippen LogP contribution in [0.1, 0.15) is 52.2 Å². The van der Waals surface area contributed by atoms with Crippen molar-refractivity contribution in [3.63, 3.8) is 0 Å². The van der Waals surface area contributed by atoms with Crippen molar-refractivity contribution in [1.29, 1.82) is 0 Å². The van der Waals surface area contributed by atoms with Crippen molar-refractivity contribution in [2.24, 2.45) is 5.92 Å². The molecular weight excluding hydrogens is 444 g/mol. The molecular formula is C26H30N6O3. The Morgan fingerprint density at radius 2 is 1.94 bits per heavy atom. The van der Waals surface area contributed by atoms with E-state index < -0.39 is 0 Å². The van der Waals surface area contributed by atoms with Gasteiger partial charge in [-0.15, -0.1) is 0 Å². The van der Waals surface area contributed by atoms with E-state index in [0.29, 0.717) is 35.8 Å². The molecule has 3 N–H and O–H groups in total. The number of aliphatic hydroxyl groups is 1. The fourth-order valence-corrected chi connectivity index (χ4v) is 4.00. The second-order valence-corrected chi connectivity index (χ2v) is 9.06. The molecule has 4 aromatic rings. The van der Waals surface area contributed by atoms with E-state index in [4.69, 9.17) is 0 Å². The van der Waals surface area contributed by atoms with Gasteiger partial charge < -0.3 is 15.7 Å². The van der Waals surface area contributed by atoms with Crippen molar-refractivity contribution in [3.05, 3.63) is 83.6 Å². The lowest BCUT2D eigenvalue weighted by Gasteiger charge is -2.18. The lowest BCUT2D eigenvalue weighted by molar-refractivity contribution is 0.0900. The highest BCUT2D eigenvalue weighted by Gasteiger charge is 2.20. The summed E-state index contributed by atoms with van der Waals surface area (Å²) in [5.74, 6) is -0.323. The maximum atomic E-state index is 13.0. The summed E-state index contributed by atoms with van der Waals surface area (Å²) >= 11 is 0. The Kier molecular flexibility index (Phi) is 7.26. The van der Waals surface area contributed by atoms with Gasteiger partial charge in [-0.3, -0.25) is 14.0 Å². The molecule has 1 atom stereocenters. The second kappa shape index (κ2) is 10.5. The van der Waals surface area contributed by atoms with Crippen LogP contribution in [0.3, 0.4) is 0 Å². The van der Waals surface area contributed by atoms with Gasteiger partial charge in [0.25, 0.3) is 11.8 Å². The molecule has 35 heavy (non-hydrogen) atoms. The van der Waals surface area contributed by atoms with E-state index in [1.54, 1.807) is 33.6 Å². The molecule has 0 aliphatic heterocycles. The van der Waals surface area contributed by atoms with Gasteiger partial charge >= 0.3 is 0 Å². The van der Waals surface area contributed by atoms with Gasteiger partial charge in [0.05, 0.1) is 36.3 Å². The van der Waals surface area contributed by atoms with Crippen LogP contribution in [0.4, 0.5) is 0 Å². The minimum Gasteiger partial charge on any atom is -0.394 e. The first-order valence-corrected chi connectivity index (χ1v) is 11.6. The number of aromatic nitrogens is 4. The van der Waals surface area contributed by atoms with Crippen LogP contribution < -0.4 is 10.6 Å². The van der Waals surface area contributed by atoms with Crippen molar-refractivity contribution in [2.45, 2.75) is 39.8 Å². The number of nitrogens with zero attached hydrogens (tertiary/aromatic N) is 4. The highest BCUT2D eigenvalue weighted by molar-refractivity contribution is 6.01. The molecule has 182 valence electrons. The number of nitrogens with one attached hydrogen (secondary N) is 2. The number of aliphatic hydroxyl groups excluding tert-OH is 1. The minimum atomic E-state index is -0.349. The average molecular weight is 475 g/mol. The number of hydrogen-bond acceptors (Lipinski definition) is 5. The molecule has 0 spiro atoms. The Bertz CT molecular complexity index is 1340. The Labute approximate surface area is 203 Å². The lowest BCUT2D eigenvalue weighted by atomic mass is 10.0. The van der Waals surface area contributed by atoms with Crippen LogP contribution in [-0.2, 0) is 6.54 Å². The maximum absolute atomic E-state index is 13.0. The second-order valence-electron chi connectivity index (χ2n) is 9.06. The topological polar surface area (TPSA) is 114 Å². The normalized spacial score (nSPS) is 12.1. The van der Waals surface area contributed by atoms with E-state index >= 15 is 0 Å². The molecule has 0 saturated heterocycles. The first kappa shape index (κ1) is 24.2. The Morgan fingerprint density at radius 3 is 2.69 bits per heavy atom. The monoisotopic (exact) mass is 474 g/mol. The quantitative estimate of drug-likeness (QED) is 0.345. The van der Waals surface area contributed by atoms with Crippen LogP contribution in [-0.4, -0.2) is 48.7 Å². The zero-order valence-corrected chi connectivity index (χ0v) is 20.1. The molecule has 0 aliphatic rings. The number of carbonyl (C=O) groups excluding carboxylic acids is 2. The van der Waals surface area contributed by atoms with Crippen molar-refractivity contribution in [3.8, 4) is 5.69 Å². The molecule has 9 heteroatoms. The Balaban J connectivity index is 1.46. The molecule has 1 aromatic carbocycles. The smallest absolute Gasteiger partial charge is 0.270 e. The number of amides is 2. The van der Waals surface area contributed by atoms with Crippen LogP contribution in [0.25, 0.3) is 11.3 Å². The summed E-state index contributed by atoms with van der Waals surface area (Å²) < 4.78 is 3.36. The van der Waals surface area contributed by atoms with Crippen LogP contribution in [0.5, 0.6) is 0 Å². The van der Waals surface area contributed by atoms with Gasteiger partial charge in [0.1, 0.15) is 11.3 Å². The summed E-state index contributed by atoms with van der Waals surface area (Å²) in [6, 6.07) is 11.0. The standard InChI is InChI=1S/C26H30N6O3/c1-17(2)10-20(16-33)30-26(35)23-14-27-24-22(8-5-9-31(23)24)25(34)28-12-19-13-29-32(15-19)21-7-4-6-18(3)11-21/h4-9,11,13-15,17,20,33H,10,12,16H2,1-3H3,(H,28,34)(H,30,35)/t20-/m1/s1. The number of fused-ring (bicyclic) bond motifs is 1. The van der Waals surface area contributed by atoms with Gasteiger partial charge in [0, 0.05) is 24.5 Å². The van der Waals surface area contributed by atoms with Crippen LogP contribution in [0, 0.1) is 12.8 Å². The first-order chi connectivity index (χ1) is 16.9. The lowest BCUT2D eigenvalue weighted by Crippen LogP contribution is -2.38. The Hall–Kier alpha value is -3.98. The van der Waals surface area contributed by atoms with Gasteiger partial charge in [-0.1, -0.05) is 26.0 Å². The largest absolute Gasteiger partial charge is 0.394 e. The zero-order valence-electron chi connectivity index (χ0n) is 20.1. The molecule has 0 aliphatic carbocycles. The predicted octanol–water partition coefficient (Wildman–Crippen LogP) is 2.90. The molecule has 0 saturated carbocycles. The molecule has 0 fully saturated rings. The zero-order chi connectivity index (χ0) is 24.9. The summed E-state index contributed by atoms with van der Waals surface area (Å²) in [4.78, 5) is 30.1. The number of aryl methyl sites for hydroxylation is 1. The number of pyridine rings is 1. The number of imidazole rings is 1. The van der Waals surface area contributed by atoms with Gasteiger partial charge in [-0.2, -0.15) is 5.10 Å². The summed E-state index contributed by atoms with van der Waals surface area (Å²) in [5.41, 5.74) is 3.99. The highest BCUT2D eigenvalue weighted by atomic mass is 16.3. The molecule has 4 rings (SSSR count). The third-order valence-corrected chi connectivity index (χ3v) is 5.68. The maximum Gasteiger partial charge on any atom is 0.270 e. The third-order valence-electron chi connectivity index (χ3n) is 5.68. The van der Waals surface area contributed by atoms with E-state index in [1.807, 2.05) is 51.2 Å². The number of rotatable bonds is 9. The molecule has 3 heterocycles. The molecule has 0 unspecified atom stereocenters. The summed E-state index contributed by atoms with van der Waals surface area (Å²) in [6.45, 7) is 6.24. The molecule has 3 aromatic heterocycles. The molecule has 2 amide bonds. The first-order valence-electron chi connectivity index (χ1n) is 11.6. The van der Waals surface area contributed by atoms with Crippen molar-refractivity contribution in [1.82, 2.24) is 29.8 Å². The minimum absolute atomic E-state index is 0.144. The number of carbonyl (C=O) groups is 2. The summed E-state index contributed by atoms with van der Waals surface area (Å²) in [7, 11) is 0. The van der Waals surface area contributed by atoms with Gasteiger partial charge in [0.15, 0.2) is 0 Å². The van der Waals surface area contributed by atoms with E-state index in [1.165, 1.54) is 6.20 Å². The summed E-state index contributed by atoms with van der Waals surface area (Å²) in [6.07, 6.45) is 7.39. The van der Waals surface area contributed by atoms with E-state index in [0.717, 1.165) is 16.8 Å². The third kappa shape index (κ3) is 5.58. The summed E-state index contributed by atoms with van der Waals surface area (Å²) in [5, 5.41) is 19.7. The SMILES string of the molecule is Cc1cccc(-n2cc(CNC(=O)c3cccn4c(C(=O)N[C@@H](CO)CC(C)C)cnc34)cn2)c1. The van der Waals surface area contributed by atoms with Crippen LogP contribution >= 0.6 is 0 Å². The van der Waals surface area contributed by atoms with E-state index in [9.17, 15) is 14.7 Å². The molecule has 0 bridgehead atoms. The van der Waals surface area contributed by atoms with Gasteiger partial charge in [-0.05, 0) is 49.1 Å². The molecule has 9 nitrogen and oxygen atoms in total.